The molecule has 1 saturated heterocycles. The second kappa shape index (κ2) is 8.46. The summed E-state index contributed by atoms with van der Waals surface area (Å²) in [5.74, 6) is 1.42. The lowest BCUT2D eigenvalue weighted by Crippen LogP contribution is -2.42. The van der Waals surface area contributed by atoms with Gasteiger partial charge in [-0.25, -0.2) is 9.59 Å². The minimum Gasteiger partial charge on any atom is -0.497 e. The van der Waals surface area contributed by atoms with Crippen molar-refractivity contribution >= 4 is 17.1 Å². The fourth-order valence-corrected chi connectivity index (χ4v) is 3.28. The number of carbonyl (C=O) groups excluding carboxylic acids is 1. The van der Waals surface area contributed by atoms with E-state index in [-0.39, 0.29) is 0 Å². The largest absolute Gasteiger partial charge is 0.497 e. The molecule has 3 aromatic rings. The Morgan fingerprint density at radius 1 is 0.933 bits per heavy atom. The highest BCUT2D eigenvalue weighted by molar-refractivity contribution is 5.85. The molecule has 8 heteroatoms. The van der Waals surface area contributed by atoms with Crippen LogP contribution in [0.1, 0.15) is 0 Å². The van der Waals surface area contributed by atoms with Crippen molar-refractivity contribution in [2.75, 3.05) is 40.5 Å². The fraction of sp³-hybridized carbons (Fsp3) is 0.273. The maximum absolute atomic E-state index is 12.7. The van der Waals surface area contributed by atoms with E-state index < -0.39 is 11.7 Å². The van der Waals surface area contributed by atoms with Crippen LogP contribution in [0.25, 0.3) is 22.1 Å². The first-order valence-corrected chi connectivity index (χ1v) is 9.44. The summed E-state index contributed by atoms with van der Waals surface area (Å²) in [6.07, 6.45) is -0.459. The van der Waals surface area contributed by atoms with E-state index in [1.54, 1.807) is 48.4 Å². The van der Waals surface area contributed by atoms with Crippen LogP contribution in [0.5, 0.6) is 17.2 Å². The summed E-state index contributed by atoms with van der Waals surface area (Å²) in [5, 5.41) is 0.689. The zero-order chi connectivity index (χ0) is 21.1. The summed E-state index contributed by atoms with van der Waals surface area (Å²) in [6.45, 7) is 1.93. The van der Waals surface area contributed by atoms with E-state index in [1.165, 1.54) is 13.2 Å². The average Bonchev–Trinajstić information content (AvgIpc) is 2.78. The van der Waals surface area contributed by atoms with Crippen LogP contribution in [0.3, 0.4) is 0 Å². The van der Waals surface area contributed by atoms with Crippen LogP contribution < -0.4 is 19.8 Å². The van der Waals surface area contributed by atoms with E-state index in [9.17, 15) is 9.59 Å². The molecule has 8 nitrogen and oxygen atoms in total. The molecule has 0 N–H and O–H groups in total. The van der Waals surface area contributed by atoms with Gasteiger partial charge in [-0.1, -0.05) is 0 Å². The lowest BCUT2D eigenvalue weighted by Gasteiger charge is -2.25. The minimum absolute atomic E-state index is 0.303. The van der Waals surface area contributed by atoms with Gasteiger partial charge in [0.2, 0.25) is 0 Å². The van der Waals surface area contributed by atoms with Crippen molar-refractivity contribution in [3.8, 4) is 28.4 Å². The lowest BCUT2D eigenvalue weighted by atomic mass is 10.0. The zero-order valence-corrected chi connectivity index (χ0v) is 16.7. The third-order valence-electron chi connectivity index (χ3n) is 4.88. The Morgan fingerprint density at radius 2 is 1.70 bits per heavy atom. The normalized spacial score (nSPS) is 13.9. The SMILES string of the molecule is COc1ccc(-c2cc3ccc(OC(=O)N4CCOCC4)cc3oc2=O)c(OC)c1. The maximum atomic E-state index is 12.7. The Bertz CT molecular complexity index is 1130. The number of fused-ring (bicyclic) bond motifs is 1. The molecular weight excluding hydrogens is 390 g/mol. The molecule has 1 amide bonds. The lowest BCUT2D eigenvalue weighted by molar-refractivity contribution is 0.0416. The molecule has 0 bridgehead atoms. The Kier molecular flexibility index (Phi) is 5.58. The second-order valence-electron chi connectivity index (χ2n) is 6.68. The minimum atomic E-state index is -0.525. The van der Waals surface area contributed by atoms with E-state index in [0.29, 0.717) is 65.6 Å². The molecule has 0 aliphatic carbocycles. The standard InChI is InChI=1S/C22H21NO7/c1-26-15-5-6-17(20(12-15)27-2)18-11-14-3-4-16(13-19(14)30-21(18)24)29-22(25)23-7-9-28-10-8-23/h3-6,11-13H,7-10H2,1-2H3. The third-order valence-corrected chi connectivity index (χ3v) is 4.88. The van der Waals surface area contributed by atoms with Gasteiger partial charge in [0, 0.05) is 36.2 Å². The van der Waals surface area contributed by atoms with Crippen LogP contribution in [-0.2, 0) is 4.74 Å². The van der Waals surface area contributed by atoms with Gasteiger partial charge in [0.05, 0.1) is 33.0 Å². The molecule has 2 aromatic carbocycles. The Labute approximate surface area is 172 Å². The van der Waals surface area contributed by atoms with Gasteiger partial charge in [0.25, 0.3) is 0 Å². The van der Waals surface area contributed by atoms with Crippen LogP contribution >= 0.6 is 0 Å². The third kappa shape index (κ3) is 3.95. The summed E-state index contributed by atoms with van der Waals surface area (Å²) >= 11 is 0. The number of methoxy groups -OCH3 is 2. The second-order valence-corrected chi connectivity index (χ2v) is 6.68. The first-order chi connectivity index (χ1) is 14.6. The summed E-state index contributed by atoms with van der Waals surface area (Å²) < 4.78 is 26.8. The maximum Gasteiger partial charge on any atom is 0.415 e. The van der Waals surface area contributed by atoms with Crippen LogP contribution in [0, 0.1) is 0 Å². The molecule has 4 rings (SSSR count). The average molecular weight is 411 g/mol. The molecule has 30 heavy (non-hydrogen) atoms. The Balaban J connectivity index is 1.64. The first kappa shape index (κ1) is 19.8. The van der Waals surface area contributed by atoms with Crippen molar-refractivity contribution in [1.82, 2.24) is 4.90 Å². The molecule has 0 unspecified atom stereocenters. The van der Waals surface area contributed by atoms with E-state index in [4.69, 9.17) is 23.4 Å². The molecule has 156 valence electrons. The number of hydrogen-bond donors (Lipinski definition) is 0. The number of carbonyl (C=O) groups is 1. The van der Waals surface area contributed by atoms with Crippen LogP contribution in [0.15, 0.2) is 51.7 Å². The summed E-state index contributed by atoms with van der Waals surface area (Å²) in [4.78, 5) is 26.5. The number of nitrogens with zero attached hydrogens (tertiary/aromatic N) is 1. The van der Waals surface area contributed by atoms with Crippen molar-refractivity contribution in [2.45, 2.75) is 0 Å². The molecule has 0 radical (unpaired) electrons. The number of amides is 1. The number of benzene rings is 2. The Morgan fingerprint density at radius 3 is 2.43 bits per heavy atom. The molecule has 0 atom stereocenters. The molecule has 1 aliphatic rings. The number of rotatable bonds is 4. The molecule has 1 aliphatic heterocycles. The van der Waals surface area contributed by atoms with Gasteiger partial charge < -0.3 is 28.3 Å². The van der Waals surface area contributed by atoms with E-state index in [1.807, 2.05) is 0 Å². The van der Waals surface area contributed by atoms with Crippen LogP contribution in [0.4, 0.5) is 4.79 Å². The van der Waals surface area contributed by atoms with Gasteiger partial charge in [0.1, 0.15) is 22.8 Å². The molecule has 2 heterocycles. The van der Waals surface area contributed by atoms with Crippen molar-refractivity contribution < 1.29 is 28.2 Å². The van der Waals surface area contributed by atoms with E-state index in [0.717, 1.165) is 0 Å². The van der Waals surface area contributed by atoms with E-state index >= 15 is 0 Å². The molecule has 1 aromatic heterocycles. The Hall–Kier alpha value is -3.52. The molecule has 1 fully saturated rings. The van der Waals surface area contributed by atoms with Crippen molar-refractivity contribution in [1.29, 1.82) is 0 Å². The van der Waals surface area contributed by atoms with Gasteiger partial charge in [0.15, 0.2) is 0 Å². The highest BCUT2D eigenvalue weighted by atomic mass is 16.6. The monoisotopic (exact) mass is 411 g/mol. The smallest absolute Gasteiger partial charge is 0.415 e. The topological polar surface area (TPSA) is 87.4 Å². The molecule has 0 spiro atoms. The number of morpholine rings is 1. The first-order valence-electron chi connectivity index (χ1n) is 9.44. The number of ether oxygens (including phenoxy) is 4. The molecular formula is C22H21NO7. The van der Waals surface area contributed by atoms with Gasteiger partial charge in [-0.3, -0.25) is 0 Å². The molecule has 0 saturated carbocycles. The van der Waals surface area contributed by atoms with Crippen molar-refractivity contribution in [3.63, 3.8) is 0 Å². The quantitative estimate of drug-likeness (QED) is 0.609. The summed E-state index contributed by atoms with van der Waals surface area (Å²) in [6, 6.07) is 11.8. The highest BCUT2D eigenvalue weighted by Gasteiger charge is 2.19. The number of hydrogen-bond acceptors (Lipinski definition) is 7. The van der Waals surface area contributed by atoms with Gasteiger partial charge in [-0.15, -0.1) is 0 Å². The summed E-state index contributed by atoms with van der Waals surface area (Å²) in [5.41, 5.74) is 0.753. The van der Waals surface area contributed by atoms with Crippen molar-refractivity contribution in [2.24, 2.45) is 0 Å². The zero-order valence-electron chi connectivity index (χ0n) is 16.7. The predicted octanol–water partition coefficient (Wildman–Crippen LogP) is 3.31. The van der Waals surface area contributed by atoms with E-state index in [2.05, 4.69) is 0 Å². The predicted molar refractivity (Wildman–Crippen MR) is 109 cm³/mol. The van der Waals surface area contributed by atoms with Gasteiger partial charge >= 0.3 is 11.7 Å². The van der Waals surface area contributed by atoms with Gasteiger partial charge in [-0.2, -0.15) is 0 Å². The van der Waals surface area contributed by atoms with Crippen LogP contribution in [-0.4, -0.2) is 51.5 Å². The fourth-order valence-electron chi connectivity index (χ4n) is 3.28. The van der Waals surface area contributed by atoms with Crippen LogP contribution in [0.2, 0.25) is 0 Å². The summed E-state index contributed by atoms with van der Waals surface area (Å²) in [7, 11) is 3.08. The highest BCUT2D eigenvalue weighted by Crippen LogP contribution is 2.33. The van der Waals surface area contributed by atoms with Crippen molar-refractivity contribution in [3.05, 3.63) is 52.9 Å². The van der Waals surface area contributed by atoms with Gasteiger partial charge in [-0.05, 0) is 30.3 Å².